The van der Waals surface area contributed by atoms with E-state index >= 15 is 9.59 Å². The Labute approximate surface area is 978 Å². The summed E-state index contributed by atoms with van der Waals surface area (Å²) in [5.41, 5.74) is -6.34. The van der Waals surface area contributed by atoms with Gasteiger partial charge in [0.05, 0.1) is 140 Å². The van der Waals surface area contributed by atoms with Crippen LogP contribution in [0.5, 0.6) is 23.5 Å². The van der Waals surface area contributed by atoms with Gasteiger partial charge in [-0.1, -0.05) is 72.8 Å². The molecule has 44 nitrogen and oxygen atoms in total. The van der Waals surface area contributed by atoms with Crippen molar-refractivity contribution in [3.8, 4) is 45.8 Å². The molecule has 4 heterocycles. The van der Waals surface area contributed by atoms with Crippen LogP contribution in [0.3, 0.4) is 0 Å². The molecule has 2 aliphatic carbocycles. The van der Waals surface area contributed by atoms with Crippen LogP contribution in [0.2, 0.25) is 0 Å². The molecule has 0 radical (unpaired) electrons. The number of rotatable bonds is 35. The first-order chi connectivity index (χ1) is 63.2. The Kier molecular flexibility index (Phi) is 42.6. The van der Waals surface area contributed by atoms with Gasteiger partial charge >= 0.3 is 248 Å². The summed E-state index contributed by atoms with van der Waals surface area (Å²) in [6.45, 7) is -0.632. The van der Waals surface area contributed by atoms with Gasteiger partial charge in [0, 0.05) is 76.2 Å². The minimum Gasteiger partial charge on any atom is -0.744 e. The van der Waals surface area contributed by atoms with Crippen LogP contribution in [0.4, 0.5) is 57.9 Å². The quantitative estimate of drug-likeness (QED) is 0.00408. The van der Waals surface area contributed by atoms with Gasteiger partial charge in [-0.2, -0.15) is 42.9 Å². The van der Waals surface area contributed by atoms with Gasteiger partial charge in [0.1, 0.15) is 41.9 Å². The van der Waals surface area contributed by atoms with Crippen LogP contribution < -0.4 is 315 Å². The molecule has 16 rings (SSSR count). The molecule has 0 saturated carbocycles. The van der Waals surface area contributed by atoms with Crippen molar-refractivity contribution in [1.82, 2.24) is 39.0 Å². The number of hydrogen-bond acceptors (Lipinski definition) is 45. The number of nitrogens with one attached hydrogen (secondary N) is 6. The van der Waals surface area contributed by atoms with Crippen molar-refractivity contribution in [1.29, 1.82) is 0 Å². The number of carbonyl (C=O) groups is 6. The van der Waals surface area contributed by atoms with Crippen molar-refractivity contribution in [3.63, 3.8) is 0 Å². The molecule has 4 aromatic heterocycles. The maximum absolute atomic E-state index is 15.1. The average Bonchev–Trinajstić information content (AvgIpc) is 0.707. The molecule has 0 aliphatic heterocycles. The van der Waals surface area contributed by atoms with E-state index in [2.05, 4.69) is 89.9 Å². The van der Waals surface area contributed by atoms with Crippen molar-refractivity contribution in [3.05, 3.63) is 270 Å². The second kappa shape index (κ2) is 50.5. The summed E-state index contributed by atoms with van der Waals surface area (Å²) in [7, 11) is -13.9. The number of pyridine rings is 2. The number of ether oxygens (including phenoxy) is 2. The molecular weight excluding hydrogens is 2040 g/mol. The number of carboxylic acid groups (broad SMARTS) is 2. The van der Waals surface area contributed by atoms with Gasteiger partial charge in [0.25, 0.3) is 11.1 Å². The minimum atomic E-state index is -5.67. The van der Waals surface area contributed by atoms with Crippen LogP contribution in [0.25, 0.3) is 44.1 Å². The standard InChI is InChI=1S/C82H56N14O30S6.8Na/c1-95-55-27-25-49(63-65(55)61(45-13-3-5-15-47(45)71(63)99)67(73(95)101)69(97)39-9-7-11-43(31-39)127-124-121-107)85-51-33-54(60(132(116,117)118)35-57(51)128-125-122-108)88-80-90-78(92-82(94-80)120-42-23-19-38(20-24-42)76(105)106)84-30-29-83-77-89-79(93-81(91-77)119-41-21-17-37(18-22-41)75(103)104)87-52-34-53(59(131(113,114)115)36-58(52)129-126-123-109)86-50-26-28-56-66-62(46-14-4-6-16-48(46)72(100)64(50)66)68(74(102)96(56)2)70(98)40-10-8-12-44(32-40)130(110,111)112;;;;;;;;/h3-28,31-36,85-86,107-109H,29-30H2,1-2H3,(H,103,104)(H,105,106)(H,110,111,112)(H,113,114,115)(H,116,117,118)(H2,83,87,89,91,93)(H2,84,88,90,92,94);;;;;;;;/q;8*+1/p-8. The minimum absolute atomic E-state index is 0. The maximum atomic E-state index is 15.1. The third-order valence-electron chi connectivity index (χ3n) is 20.1. The summed E-state index contributed by atoms with van der Waals surface area (Å²) in [5, 5.41) is 85.2. The fourth-order valence-corrected chi connectivity index (χ4v) is 17.7. The molecule has 0 saturated heterocycles. The van der Waals surface area contributed by atoms with Crippen molar-refractivity contribution in [2.75, 3.05) is 45.0 Å². The van der Waals surface area contributed by atoms with E-state index < -0.39 is 160 Å². The number of aromatic carboxylic acids is 2. The van der Waals surface area contributed by atoms with Crippen molar-refractivity contribution in [2.45, 2.75) is 29.4 Å². The summed E-state index contributed by atoms with van der Waals surface area (Å²) in [6.07, 6.45) is 0. The smallest absolute Gasteiger partial charge is 0.744 e. The fraction of sp³-hybridized carbons (Fsp3) is 0.0488. The second-order valence-corrected chi connectivity index (χ2v) is 34.2. The Morgan fingerprint density at radius 2 is 0.743 bits per heavy atom. The number of carboxylic acids is 2. The SMILES string of the molecule is Cn1c(=O)c(C(=O)c2cccc(SOO[O-])c2)c2c3c(c(Nc4cc(Nc5nc(NCCNc6nc(Nc7cc(Nc8ccc9c%10c8C(=O)c8ccccc8-c%10c(C(=O)c8cccc(S(=O)(=O)[O-])c8)c(=O)n9C)c(S(=O)(=O)[O-])cc7SOO[O-])nc(Oc7ccc(C(=O)[O-])cc7)n6)nc(Oc6ccc(C(=O)[O-])cc6)n5)c(S(=O)(=O)[O-])cc4SOO[O-])ccc31)C(=O)c1ccccc1-2.[Na+].[Na+].[Na+].[Na+].[Na+].[Na+].[Na+].[Na+]. The number of anilines is 10. The number of carbonyl (C=O) groups excluding carboxylic acids is 6. The molecule has 0 atom stereocenters. The summed E-state index contributed by atoms with van der Waals surface area (Å²) < 4.78 is 145. The van der Waals surface area contributed by atoms with Crippen molar-refractivity contribution in [2.24, 2.45) is 14.1 Å². The van der Waals surface area contributed by atoms with Gasteiger partial charge < -0.3 is 99.7 Å². The van der Waals surface area contributed by atoms with Crippen LogP contribution in [0, 0.1) is 0 Å². The van der Waals surface area contributed by atoms with E-state index in [0.717, 1.165) is 75.9 Å². The van der Waals surface area contributed by atoms with Crippen LogP contribution in [-0.4, -0.2) is 126 Å². The molecule has 58 heteroatoms. The first kappa shape index (κ1) is 118. The normalized spacial score (nSPS) is 11.4. The summed E-state index contributed by atoms with van der Waals surface area (Å²) in [5.74, 6) is -8.70. The predicted octanol–water partition coefficient (Wildman–Crippen LogP) is -18.1. The first-order valence-corrected chi connectivity index (χ1v) is 43.8. The summed E-state index contributed by atoms with van der Waals surface area (Å²) in [4.78, 5) is 135. The van der Waals surface area contributed by atoms with E-state index in [4.69, 9.17) is 9.47 Å². The number of nitrogens with zero attached hydrogens (tertiary/aromatic N) is 8. The molecular formula is C82H48N14Na8O30S6. The van der Waals surface area contributed by atoms with Crippen molar-refractivity contribution < 1.29 is 368 Å². The third kappa shape index (κ3) is 25.6. The molecule has 0 unspecified atom stereocenters. The van der Waals surface area contributed by atoms with Crippen LogP contribution in [0.15, 0.2) is 233 Å². The summed E-state index contributed by atoms with van der Waals surface area (Å²) >= 11 is 0.614. The fourth-order valence-electron chi connectivity index (χ4n) is 14.4. The third-order valence-corrected chi connectivity index (χ3v) is 24.5. The van der Waals surface area contributed by atoms with Gasteiger partial charge in [0.2, 0.25) is 23.8 Å². The number of benzene rings is 10. The van der Waals surface area contributed by atoms with Crippen molar-refractivity contribution >= 4 is 181 Å². The Hall–Kier alpha value is -6.92. The topological polar surface area (TPSA) is 657 Å². The van der Waals surface area contributed by atoms with Gasteiger partial charge in [0.15, 0.2) is 23.1 Å². The van der Waals surface area contributed by atoms with E-state index in [-0.39, 0.29) is 401 Å². The predicted molar refractivity (Wildman–Crippen MR) is 448 cm³/mol. The number of hydrogen-bond donors (Lipinski definition) is 6. The monoisotopic (exact) mass is 2080 g/mol. The molecule has 0 fully saturated rings. The molecule has 0 amide bonds. The first-order valence-electron chi connectivity index (χ1n) is 37.3. The molecule has 0 spiro atoms. The Morgan fingerprint density at radius 3 is 1.15 bits per heavy atom. The van der Waals surface area contributed by atoms with Gasteiger partial charge in [-0.3, -0.25) is 43.9 Å². The molecule has 6 N–H and O–H groups in total. The molecule has 0 bridgehead atoms. The van der Waals surface area contributed by atoms with Gasteiger partial charge in [-0.05, 0) is 144 Å². The number of aryl methyl sites for hydroxylation is 2. The van der Waals surface area contributed by atoms with Crippen LogP contribution in [0.1, 0.15) is 84.4 Å². The van der Waals surface area contributed by atoms with Crippen LogP contribution >= 0.6 is 36.1 Å². The van der Waals surface area contributed by atoms with E-state index in [0.29, 0.717) is 18.1 Å². The maximum Gasteiger partial charge on any atom is 1.00 e. The molecule has 670 valence electrons. The summed E-state index contributed by atoms with van der Waals surface area (Å²) in [6, 6.07) is 38.2. The van der Waals surface area contributed by atoms with Gasteiger partial charge in [-0.15, -0.1) is 0 Å². The van der Waals surface area contributed by atoms with Gasteiger partial charge in [-0.25, -0.2) is 25.3 Å². The molecule has 2 aliphatic rings. The van der Waals surface area contributed by atoms with Crippen LogP contribution in [-0.2, 0) is 72.6 Å². The molecule has 140 heavy (non-hydrogen) atoms. The largest absolute Gasteiger partial charge is 1.00 e. The number of ketones is 4. The Morgan fingerprint density at radius 1 is 0.371 bits per heavy atom. The van der Waals surface area contributed by atoms with E-state index in [1.807, 2.05) is 0 Å². The molecule has 14 aromatic rings. The number of fused-ring (bicyclic) bond motifs is 4. The molecule has 10 aromatic carbocycles. The second-order valence-electron chi connectivity index (χ2n) is 27.9. The zero-order valence-corrected chi connectivity index (χ0v) is 95.1. The zero-order chi connectivity index (χ0) is 93.5. The zero-order valence-electron chi connectivity index (χ0n) is 74.2. The average molecular weight is 2090 g/mol. The Bertz CT molecular complexity index is 7780. The Balaban J connectivity index is 0.00000300. The van der Waals surface area contributed by atoms with E-state index in [1.165, 1.54) is 129 Å². The van der Waals surface area contributed by atoms with E-state index in [9.17, 15) is 93.7 Å². The number of aromatic nitrogens is 8. The van der Waals surface area contributed by atoms with E-state index in [1.54, 1.807) is 6.07 Å².